The number of hydrogen-bond acceptors (Lipinski definition) is 6. The summed E-state index contributed by atoms with van der Waals surface area (Å²) in [6.07, 6.45) is 0. The summed E-state index contributed by atoms with van der Waals surface area (Å²) in [5, 5.41) is 19.1. The number of benzene rings is 2. The second kappa shape index (κ2) is 7.41. The average molecular weight is 459 g/mol. The molecule has 0 saturated carbocycles. The number of nitro benzene ring substituents is 1. The van der Waals surface area contributed by atoms with Crippen LogP contribution in [0.3, 0.4) is 0 Å². The number of nitrogens with zero attached hydrogens (tertiary/aromatic N) is 2. The number of nitrogens with one attached hydrogen (secondary N) is 2. The zero-order valence-electron chi connectivity index (χ0n) is 14.0. The van der Waals surface area contributed by atoms with E-state index in [4.69, 9.17) is 4.42 Å². The minimum absolute atomic E-state index is 0.106. The summed E-state index contributed by atoms with van der Waals surface area (Å²) in [5.74, 6) is 0.594. The lowest BCUT2D eigenvalue weighted by Gasteiger charge is -2.04. The van der Waals surface area contributed by atoms with Crippen molar-refractivity contribution in [1.29, 1.82) is 0 Å². The van der Waals surface area contributed by atoms with Crippen LogP contribution in [0.1, 0.15) is 0 Å². The molecule has 0 aliphatic heterocycles. The first-order chi connectivity index (χ1) is 13.5. The molecule has 0 aliphatic rings. The van der Waals surface area contributed by atoms with Crippen LogP contribution >= 0.6 is 27.3 Å². The topological polar surface area (TPSA) is 110 Å². The lowest BCUT2D eigenvalue weighted by Crippen LogP contribution is -2.19. The molecule has 28 heavy (non-hydrogen) atoms. The number of thiazole rings is 1. The standard InChI is InChI=1S/C18H11BrN4O4S/c19-11-4-5-15-10(6-11)7-16(27-15)14-9-28-18(21-14)22-17(24)20-12-2-1-3-13(8-12)23(25)26/h1-9H,(H2,20,21,22,24). The monoisotopic (exact) mass is 458 g/mol. The van der Waals surface area contributed by atoms with Crippen LogP contribution in [-0.2, 0) is 0 Å². The van der Waals surface area contributed by atoms with Crippen molar-refractivity contribution in [3.05, 3.63) is 68.5 Å². The van der Waals surface area contributed by atoms with Gasteiger partial charge in [-0.05, 0) is 30.3 Å². The maximum atomic E-state index is 12.1. The number of halogens is 1. The summed E-state index contributed by atoms with van der Waals surface area (Å²) in [7, 11) is 0. The molecule has 0 atom stereocenters. The highest BCUT2D eigenvalue weighted by molar-refractivity contribution is 9.10. The third-order valence-electron chi connectivity index (χ3n) is 3.77. The van der Waals surface area contributed by atoms with E-state index in [9.17, 15) is 14.9 Å². The molecule has 2 amide bonds. The fourth-order valence-electron chi connectivity index (χ4n) is 2.54. The number of urea groups is 1. The van der Waals surface area contributed by atoms with Gasteiger partial charge in [-0.25, -0.2) is 9.78 Å². The number of furan rings is 1. The summed E-state index contributed by atoms with van der Waals surface area (Å²) in [5.41, 5.74) is 1.55. The maximum Gasteiger partial charge on any atom is 0.325 e. The molecular formula is C18H11BrN4O4S. The molecule has 2 heterocycles. The maximum absolute atomic E-state index is 12.1. The molecule has 2 aromatic carbocycles. The van der Waals surface area contributed by atoms with Crippen molar-refractivity contribution in [2.45, 2.75) is 0 Å². The molecule has 0 aliphatic carbocycles. The number of nitro groups is 1. The van der Waals surface area contributed by atoms with Crippen molar-refractivity contribution < 1.29 is 14.1 Å². The van der Waals surface area contributed by atoms with E-state index >= 15 is 0 Å². The first-order valence-electron chi connectivity index (χ1n) is 7.95. The van der Waals surface area contributed by atoms with E-state index in [0.29, 0.717) is 22.3 Å². The average Bonchev–Trinajstić information content (AvgIpc) is 3.28. The van der Waals surface area contributed by atoms with Crippen molar-refractivity contribution in [3.63, 3.8) is 0 Å². The van der Waals surface area contributed by atoms with Crippen LogP contribution in [-0.4, -0.2) is 15.9 Å². The van der Waals surface area contributed by atoms with E-state index in [0.717, 1.165) is 15.4 Å². The number of non-ortho nitro benzene ring substituents is 1. The number of fused-ring (bicyclic) bond motifs is 1. The molecule has 2 N–H and O–H groups in total. The third-order valence-corrected chi connectivity index (χ3v) is 5.02. The number of anilines is 2. The van der Waals surface area contributed by atoms with Crippen molar-refractivity contribution in [2.75, 3.05) is 10.6 Å². The molecule has 10 heteroatoms. The quantitative estimate of drug-likeness (QED) is 0.293. The van der Waals surface area contributed by atoms with E-state index in [2.05, 4.69) is 31.5 Å². The summed E-state index contributed by atoms with van der Waals surface area (Å²) in [6.45, 7) is 0. The van der Waals surface area contributed by atoms with E-state index in [1.54, 1.807) is 11.4 Å². The SMILES string of the molecule is O=C(Nc1cccc([N+](=O)[O-])c1)Nc1nc(-c2cc3cc(Br)ccc3o2)cs1. The molecule has 0 saturated heterocycles. The van der Waals surface area contributed by atoms with Crippen LogP contribution < -0.4 is 10.6 Å². The highest BCUT2D eigenvalue weighted by Gasteiger charge is 2.13. The summed E-state index contributed by atoms with van der Waals surface area (Å²) >= 11 is 4.67. The van der Waals surface area contributed by atoms with Gasteiger partial charge in [0, 0.05) is 33.1 Å². The molecule has 0 radical (unpaired) electrons. The smallest absolute Gasteiger partial charge is 0.325 e. The Kier molecular flexibility index (Phi) is 4.80. The van der Waals surface area contributed by atoms with E-state index in [1.807, 2.05) is 24.3 Å². The van der Waals surface area contributed by atoms with Gasteiger partial charge < -0.3 is 9.73 Å². The molecule has 0 unspecified atom stereocenters. The minimum Gasteiger partial charge on any atom is -0.454 e. The molecule has 0 bridgehead atoms. The summed E-state index contributed by atoms with van der Waals surface area (Å²) < 4.78 is 6.74. The van der Waals surface area contributed by atoms with Gasteiger partial charge in [-0.2, -0.15) is 0 Å². The van der Waals surface area contributed by atoms with E-state index < -0.39 is 11.0 Å². The van der Waals surface area contributed by atoms with Crippen molar-refractivity contribution in [1.82, 2.24) is 4.98 Å². The van der Waals surface area contributed by atoms with Crippen LogP contribution in [0.25, 0.3) is 22.4 Å². The molecule has 140 valence electrons. The zero-order chi connectivity index (χ0) is 19.7. The van der Waals surface area contributed by atoms with E-state index in [-0.39, 0.29) is 5.69 Å². The number of aromatic nitrogens is 1. The van der Waals surface area contributed by atoms with Crippen LogP contribution in [0.4, 0.5) is 21.3 Å². The Morgan fingerprint density at radius 1 is 1.18 bits per heavy atom. The highest BCUT2D eigenvalue weighted by Crippen LogP contribution is 2.31. The second-order valence-corrected chi connectivity index (χ2v) is 7.49. The summed E-state index contributed by atoms with van der Waals surface area (Å²) in [4.78, 5) is 26.8. The number of carbonyl (C=O) groups excluding carboxylic acids is 1. The van der Waals surface area contributed by atoms with Gasteiger partial charge in [-0.3, -0.25) is 15.4 Å². The van der Waals surface area contributed by atoms with Gasteiger partial charge in [0.05, 0.1) is 4.92 Å². The molecule has 0 fully saturated rings. The van der Waals surface area contributed by atoms with Crippen LogP contribution in [0.5, 0.6) is 0 Å². The largest absolute Gasteiger partial charge is 0.454 e. The minimum atomic E-state index is -0.546. The first-order valence-corrected chi connectivity index (χ1v) is 9.63. The Bertz CT molecular complexity index is 1200. The number of rotatable bonds is 4. The molecule has 4 rings (SSSR count). The molecule has 8 nitrogen and oxygen atoms in total. The Morgan fingerprint density at radius 3 is 2.86 bits per heavy atom. The normalized spacial score (nSPS) is 10.8. The van der Waals surface area contributed by atoms with Gasteiger partial charge in [-0.15, -0.1) is 11.3 Å². The van der Waals surface area contributed by atoms with Gasteiger partial charge in [0.1, 0.15) is 11.3 Å². The van der Waals surface area contributed by atoms with Crippen molar-refractivity contribution >= 4 is 60.8 Å². The van der Waals surface area contributed by atoms with Gasteiger partial charge in [0.25, 0.3) is 5.69 Å². The Balaban J connectivity index is 1.47. The third kappa shape index (κ3) is 3.87. The Hall–Kier alpha value is -3.24. The van der Waals surface area contributed by atoms with Gasteiger partial charge in [0.2, 0.25) is 0 Å². The van der Waals surface area contributed by atoms with Crippen LogP contribution in [0.15, 0.2) is 62.8 Å². The number of carbonyl (C=O) groups is 1. The molecule has 2 aromatic heterocycles. The predicted molar refractivity (Wildman–Crippen MR) is 111 cm³/mol. The van der Waals surface area contributed by atoms with Crippen LogP contribution in [0, 0.1) is 10.1 Å². The second-order valence-electron chi connectivity index (χ2n) is 5.72. The molecule has 0 spiro atoms. The van der Waals surface area contributed by atoms with Crippen LogP contribution in [0.2, 0.25) is 0 Å². The Labute approximate surface area is 170 Å². The van der Waals surface area contributed by atoms with Gasteiger partial charge >= 0.3 is 6.03 Å². The van der Waals surface area contributed by atoms with E-state index in [1.165, 1.54) is 29.5 Å². The lowest BCUT2D eigenvalue weighted by molar-refractivity contribution is -0.384. The van der Waals surface area contributed by atoms with Gasteiger partial charge in [0.15, 0.2) is 10.9 Å². The molecular weight excluding hydrogens is 448 g/mol. The Morgan fingerprint density at radius 2 is 2.04 bits per heavy atom. The predicted octanol–water partition coefficient (Wildman–Crippen LogP) is 5.87. The molecule has 4 aromatic rings. The highest BCUT2D eigenvalue weighted by atomic mass is 79.9. The first kappa shape index (κ1) is 18.1. The fourth-order valence-corrected chi connectivity index (χ4v) is 3.62. The number of amides is 2. The number of hydrogen-bond donors (Lipinski definition) is 2. The summed E-state index contributed by atoms with van der Waals surface area (Å²) in [6, 6.07) is 12.7. The van der Waals surface area contributed by atoms with Crippen molar-refractivity contribution in [2.24, 2.45) is 0 Å². The van der Waals surface area contributed by atoms with Crippen molar-refractivity contribution in [3.8, 4) is 11.5 Å². The fraction of sp³-hybridized carbons (Fsp3) is 0. The lowest BCUT2D eigenvalue weighted by atomic mass is 10.2. The zero-order valence-corrected chi connectivity index (χ0v) is 16.4. The van der Waals surface area contributed by atoms with Gasteiger partial charge in [-0.1, -0.05) is 22.0 Å².